The Bertz CT molecular complexity index is 196. The van der Waals surface area contributed by atoms with E-state index in [1.807, 2.05) is 6.92 Å². The van der Waals surface area contributed by atoms with Crippen molar-refractivity contribution in [2.75, 3.05) is 14.2 Å². The Morgan fingerprint density at radius 1 is 1.50 bits per heavy atom. The monoisotopic (exact) mass is 171 g/mol. The second-order valence-electron chi connectivity index (χ2n) is 1.97. The largest absolute Gasteiger partial charge is 0.466 e. The summed E-state index contributed by atoms with van der Waals surface area (Å²) in [6.45, 7) is 1.86. The summed E-state index contributed by atoms with van der Waals surface area (Å²) in [6.07, 6.45) is 3.59. The van der Waals surface area contributed by atoms with E-state index in [4.69, 9.17) is 0 Å². The second kappa shape index (κ2) is 6.39. The zero-order valence-corrected chi connectivity index (χ0v) is 7.53. The number of allylic oxidation sites excluding steroid dienone is 1. The number of hydrogen-bond acceptors (Lipinski definition) is 4. The molecule has 0 heterocycles. The van der Waals surface area contributed by atoms with Gasteiger partial charge in [0, 0.05) is 5.57 Å². The molecule has 0 unspecified atom stereocenters. The molecule has 4 nitrogen and oxygen atoms in total. The molecule has 68 valence electrons. The first kappa shape index (κ1) is 10.7. The maximum Gasteiger partial charge on any atom is 0.333 e. The van der Waals surface area contributed by atoms with E-state index in [9.17, 15) is 4.79 Å². The van der Waals surface area contributed by atoms with Gasteiger partial charge in [-0.1, -0.05) is 12.1 Å². The number of nitrogens with zero attached hydrogens (tertiary/aromatic N) is 1. The standard InChI is InChI=1S/C8H13NO3/c1-4-7(8(10)11-2)5-6-9-12-3/h5-6H,4H2,1-3H3/b7-5+,9-6-. The quantitative estimate of drug-likeness (QED) is 0.276. The first-order chi connectivity index (χ1) is 5.76. The number of carbonyl (C=O) groups is 1. The Hall–Kier alpha value is -1.32. The van der Waals surface area contributed by atoms with Crippen molar-refractivity contribution in [1.82, 2.24) is 0 Å². The molecular weight excluding hydrogens is 158 g/mol. The SMILES string of the molecule is CC/C(=C\C=N/OC)C(=O)OC. The van der Waals surface area contributed by atoms with Gasteiger partial charge in [-0.25, -0.2) is 4.79 Å². The normalized spacial score (nSPS) is 11.8. The van der Waals surface area contributed by atoms with Gasteiger partial charge < -0.3 is 9.57 Å². The number of esters is 1. The molecule has 0 fully saturated rings. The fraction of sp³-hybridized carbons (Fsp3) is 0.500. The van der Waals surface area contributed by atoms with E-state index in [-0.39, 0.29) is 5.97 Å². The van der Waals surface area contributed by atoms with Crippen molar-refractivity contribution in [1.29, 1.82) is 0 Å². The molecule has 4 heteroatoms. The number of rotatable bonds is 4. The Labute approximate surface area is 71.8 Å². The van der Waals surface area contributed by atoms with Gasteiger partial charge in [-0.2, -0.15) is 0 Å². The minimum atomic E-state index is -0.333. The lowest BCUT2D eigenvalue weighted by molar-refractivity contribution is -0.136. The van der Waals surface area contributed by atoms with Crippen LogP contribution in [0.2, 0.25) is 0 Å². The maximum atomic E-state index is 10.9. The van der Waals surface area contributed by atoms with Crippen molar-refractivity contribution < 1.29 is 14.4 Å². The van der Waals surface area contributed by atoms with Gasteiger partial charge in [0.05, 0.1) is 13.3 Å². The van der Waals surface area contributed by atoms with E-state index in [1.54, 1.807) is 6.08 Å². The van der Waals surface area contributed by atoms with Crippen LogP contribution in [0.3, 0.4) is 0 Å². The molecule has 12 heavy (non-hydrogen) atoms. The van der Waals surface area contributed by atoms with Gasteiger partial charge in [0.25, 0.3) is 0 Å². The smallest absolute Gasteiger partial charge is 0.333 e. The van der Waals surface area contributed by atoms with Crippen molar-refractivity contribution in [3.8, 4) is 0 Å². The molecule has 0 aliphatic carbocycles. The van der Waals surface area contributed by atoms with Gasteiger partial charge in [0.1, 0.15) is 7.11 Å². The molecule has 0 aliphatic rings. The first-order valence-corrected chi connectivity index (χ1v) is 3.60. The molecule has 0 spiro atoms. The van der Waals surface area contributed by atoms with Crippen LogP contribution in [-0.4, -0.2) is 26.4 Å². The number of oxime groups is 1. The molecule has 0 bridgehead atoms. The van der Waals surface area contributed by atoms with Crippen LogP contribution in [-0.2, 0) is 14.4 Å². The van der Waals surface area contributed by atoms with E-state index in [1.165, 1.54) is 20.4 Å². The summed E-state index contributed by atoms with van der Waals surface area (Å²) in [6, 6.07) is 0. The molecule has 0 aliphatic heterocycles. The zero-order chi connectivity index (χ0) is 9.40. The lowest BCUT2D eigenvalue weighted by Gasteiger charge is -1.98. The van der Waals surface area contributed by atoms with Gasteiger partial charge in [0.15, 0.2) is 0 Å². The molecule has 0 rings (SSSR count). The third-order valence-electron chi connectivity index (χ3n) is 1.27. The second-order valence-corrected chi connectivity index (χ2v) is 1.97. The van der Waals surface area contributed by atoms with Crippen LogP contribution in [0.25, 0.3) is 0 Å². The van der Waals surface area contributed by atoms with Gasteiger partial charge in [0.2, 0.25) is 0 Å². The molecule has 0 N–H and O–H groups in total. The van der Waals surface area contributed by atoms with Crippen LogP contribution in [0.4, 0.5) is 0 Å². The molecule has 0 radical (unpaired) electrons. The fourth-order valence-corrected chi connectivity index (χ4v) is 0.643. The third kappa shape index (κ3) is 3.75. The van der Waals surface area contributed by atoms with E-state index in [0.717, 1.165) is 0 Å². The minimum Gasteiger partial charge on any atom is -0.466 e. The van der Waals surface area contributed by atoms with Crippen LogP contribution in [0.5, 0.6) is 0 Å². The number of carbonyl (C=O) groups excluding carboxylic acids is 1. The summed E-state index contributed by atoms with van der Waals surface area (Å²) >= 11 is 0. The van der Waals surface area contributed by atoms with Crippen molar-refractivity contribution >= 4 is 12.2 Å². The van der Waals surface area contributed by atoms with Crippen molar-refractivity contribution in [3.05, 3.63) is 11.6 Å². The number of ether oxygens (including phenoxy) is 1. The molecular formula is C8H13NO3. The lowest BCUT2D eigenvalue weighted by atomic mass is 10.2. The Kier molecular flexibility index (Phi) is 5.69. The van der Waals surface area contributed by atoms with E-state index in [0.29, 0.717) is 12.0 Å². The van der Waals surface area contributed by atoms with Crippen LogP contribution in [0.1, 0.15) is 13.3 Å². The summed E-state index contributed by atoms with van der Waals surface area (Å²) in [5.74, 6) is -0.333. The highest BCUT2D eigenvalue weighted by Gasteiger charge is 2.04. The number of hydrogen-bond donors (Lipinski definition) is 0. The summed E-state index contributed by atoms with van der Waals surface area (Å²) < 4.78 is 4.52. The Morgan fingerprint density at radius 3 is 2.58 bits per heavy atom. The van der Waals surface area contributed by atoms with E-state index < -0.39 is 0 Å². The molecule has 0 amide bonds. The van der Waals surface area contributed by atoms with Gasteiger partial charge in [-0.3, -0.25) is 0 Å². The summed E-state index contributed by atoms with van der Waals surface area (Å²) in [4.78, 5) is 15.4. The Morgan fingerprint density at radius 2 is 2.17 bits per heavy atom. The van der Waals surface area contributed by atoms with E-state index >= 15 is 0 Å². The molecule has 0 aromatic heterocycles. The fourth-order valence-electron chi connectivity index (χ4n) is 0.643. The molecule has 0 aromatic rings. The molecule has 0 saturated carbocycles. The third-order valence-corrected chi connectivity index (χ3v) is 1.27. The number of methoxy groups -OCH3 is 1. The van der Waals surface area contributed by atoms with Gasteiger partial charge in [-0.05, 0) is 12.5 Å². The highest BCUT2D eigenvalue weighted by atomic mass is 16.6. The van der Waals surface area contributed by atoms with Crippen molar-refractivity contribution in [2.45, 2.75) is 13.3 Å². The average Bonchev–Trinajstić information content (AvgIpc) is 2.11. The topological polar surface area (TPSA) is 47.9 Å². The lowest BCUT2D eigenvalue weighted by Crippen LogP contribution is -2.03. The molecule has 0 atom stereocenters. The summed E-state index contributed by atoms with van der Waals surface area (Å²) in [5.41, 5.74) is 0.568. The van der Waals surface area contributed by atoms with Crippen molar-refractivity contribution in [3.63, 3.8) is 0 Å². The predicted octanol–water partition coefficient (Wildman–Crippen LogP) is 1.13. The minimum absolute atomic E-state index is 0.333. The highest BCUT2D eigenvalue weighted by molar-refractivity contribution is 5.93. The van der Waals surface area contributed by atoms with Crippen LogP contribution in [0, 0.1) is 0 Å². The molecule has 0 aromatic carbocycles. The average molecular weight is 171 g/mol. The summed E-state index contributed by atoms with van der Waals surface area (Å²) in [7, 11) is 2.79. The first-order valence-electron chi connectivity index (χ1n) is 3.60. The zero-order valence-electron chi connectivity index (χ0n) is 7.53. The molecule has 0 saturated heterocycles. The van der Waals surface area contributed by atoms with Crippen LogP contribution < -0.4 is 0 Å². The van der Waals surface area contributed by atoms with Gasteiger partial charge >= 0.3 is 5.97 Å². The Balaban J connectivity index is 4.22. The highest BCUT2D eigenvalue weighted by Crippen LogP contribution is 2.00. The van der Waals surface area contributed by atoms with Crippen LogP contribution >= 0.6 is 0 Å². The van der Waals surface area contributed by atoms with Crippen LogP contribution in [0.15, 0.2) is 16.8 Å². The maximum absolute atomic E-state index is 10.9. The summed E-state index contributed by atoms with van der Waals surface area (Å²) in [5, 5.41) is 3.47. The van der Waals surface area contributed by atoms with Crippen molar-refractivity contribution in [2.24, 2.45) is 5.16 Å². The predicted molar refractivity (Wildman–Crippen MR) is 45.9 cm³/mol. The van der Waals surface area contributed by atoms with E-state index in [2.05, 4.69) is 14.7 Å². The van der Waals surface area contributed by atoms with Gasteiger partial charge in [-0.15, -0.1) is 0 Å².